The highest BCUT2D eigenvalue weighted by Gasteiger charge is 2.42. The van der Waals surface area contributed by atoms with E-state index in [1.165, 1.54) is 0 Å². The highest BCUT2D eigenvalue weighted by atomic mass is 35.5. The van der Waals surface area contributed by atoms with Crippen LogP contribution in [0.3, 0.4) is 0 Å². The van der Waals surface area contributed by atoms with E-state index in [0.29, 0.717) is 28.4 Å². The normalized spacial score (nSPS) is 16.2. The van der Waals surface area contributed by atoms with Gasteiger partial charge in [0.2, 0.25) is 0 Å². The van der Waals surface area contributed by atoms with Crippen molar-refractivity contribution >= 4 is 54.8 Å². The van der Waals surface area contributed by atoms with Crippen LogP contribution in [0.15, 0.2) is 91.0 Å². The number of nitrogens with one attached hydrogen (secondary N) is 1. The lowest BCUT2D eigenvalue weighted by Crippen LogP contribution is -2.45. The zero-order valence-corrected chi connectivity index (χ0v) is 39.2. The monoisotopic (exact) mass is 865 g/mol. The van der Waals surface area contributed by atoms with E-state index in [9.17, 15) is 14.4 Å². The van der Waals surface area contributed by atoms with Crippen LogP contribution in [0.5, 0.6) is 0 Å². The van der Waals surface area contributed by atoms with Gasteiger partial charge in [-0.25, -0.2) is 4.79 Å². The van der Waals surface area contributed by atoms with Crippen molar-refractivity contribution in [3.05, 3.63) is 113 Å². The van der Waals surface area contributed by atoms with E-state index in [0.717, 1.165) is 79.9 Å². The quantitative estimate of drug-likeness (QED) is 0.111. The predicted octanol–water partition coefficient (Wildman–Crippen LogP) is 12.0. The fourth-order valence-electron chi connectivity index (χ4n) is 7.94. The third-order valence-corrected chi connectivity index (χ3v) is 17.2. The Morgan fingerprint density at radius 3 is 1.84 bits per heavy atom. The first kappa shape index (κ1) is 45.9. The molecule has 1 atom stereocenters. The molecule has 1 amide bonds. The second-order valence-electron chi connectivity index (χ2n) is 19.0. The number of carbonyl (C=O) groups is 3. The highest BCUT2D eigenvalue weighted by molar-refractivity contribution is 6.74. The number of hydrogen-bond acceptors (Lipinski definition) is 8. The Bertz CT molecular complexity index is 2130. The molecule has 4 aromatic rings. The molecule has 1 N–H and O–H groups in total. The van der Waals surface area contributed by atoms with Crippen LogP contribution in [0.2, 0.25) is 23.2 Å². The predicted molar refractivity (Wildman–Crippen MR) is 250 cm³/mol. The van der Waals surface area contributed by atoms with Crippen LogP contribution in [0.25, 0.3) is 11.1 Å². The summed E-state index contributed by atoms with van der Waals surface area (Å²) in [6, 6.07) is 29.5. The first-order chi connectivity index (χ1) is 28.8. The van der Waals surface area contributed by atoms with Gasteiger partial charge in [-0.15, -0.1) is 0 Å². The van der Waals surface area contributed by atoms with Crippen molar-refractivity contribution in [3.8, 4) is 11.1 Å². The van der Waals surface area contributed by atoms with Crippen molar-refractivity contribution in [1.29, 1.82) is 0 Å². The van der Waals surface area contributed by atoms with Crippen LogP contribution < -0.4 is 15.1 Å². The van der Waals surface area contributed by atoms with Crippen molar-refractivity contribution in [3.63, 3.8) is 0 Å². The number of halogens is 1. The van der Waals surface area contributed by atoms with Crippen molar-refractivity contribution in [2.45, 2.75) is 104 Å². The first-order valence-electron chi connectivity index (χ1n) is 21.8. The maximum Gasteiger partial charge on any atom is 0.338 e. The Balaban J connectivity index is 1.25. The van der Waals surface area contributed by atoms with Gasteiger partial charge < -0.3 is 29.0 Å². The summed E-state index contributed by atoms with van der Waals surface area (Å²) in [5.41, 5.74) is 6.41. The van der Waals surface area contributed by atoms with Gasteiger partial charge in [0, 0.05) is 53.8 Å². The maximum atomic E-state index is 14.1. The van der Waals surface area contributed by atoms with Gasteiger partial charge in [-0.05, 0) is 167 Å². The van der Waals surface area contributed by atoms with E-state index >= 15 is 0 Å². The molecule has 2 fully saturated rings. The minimum absolute atomic E-state index is 0.0414. The molecule has 2 heterocycles. The molecule has 4 aromatic carbocycles. The molecule has 2 aliphatic rings. The number of esters is 2. The van der Waals surface area contributed by atoms with Gasteiger partial charge in [-0.3, -0.25) is 9.59 Å². The smallest absolute Gasteiger partial charge is 0.338 e. The molecule has 0 aliphatic carbocycles. The second kappa shape index (κ2) is 19.2. The molecule has 2 aliphatic heterocycles. The van der Waals surface area contributed by atoms with Crippen LogP contribution in [0, 0.1) is 11.8 Å². The first-order valence-corrected chi connectivity index (χ1v) is 25.1. The van der Waals surface area contributed by atoms with Crippen molar-refractivity contribution < 1.29 is 28.3 Å². The number of nitrogens with zero attached hydrogens (tertiary/aromatic N) is 2. The topological polar surface area (TPSA) is 97.4 Å². The Morgan fingerprint density at radius 1 is 0.754 bits per heavy atom. The number of amides is 1. The molecule has 1 unspecified atom stereocenters. The van der Waals surface area contributed by atoms with Crippen molar-refractivity contribution in [2.75, 3.05) is 47.9 Å². The Labute approximate surface area is 369 Å². The number of carbonyl (C=O) groups excluding carboxylic acids is 3. The summed E-state index contributed by atoms with van der Waals surface area (Å²) < 4.78 is 18.3. The molecule has 326 valence electrons. The van der Waals surface area contributed by atoms with Crippen LogP contribution in [-0.4, -0.2) is 64.6 Å². The lowest BCUT2D eigenvalue weighted by atomic mass is 9.83. The summed E-state index contributed by atoms with van der Waals surface area (Å²) in [5, 5.41) is 3.77. The number of benzene rings is 4. The molecule has 61 heavy (non-hydrogen) atoms. The summed E-state index contributed by atoms with van der Waals surface area (Å²) in [6.07, 6.45) is 3.03. The van der Waals surface area contributed by atoms with Crippen LogP contribution in [0.1, 0.15) is 107 Å². The van der Waals surface area contributed by atoms with E-state index < -0.39 is 13.9 Å². The average molecular weight is 867 g/mol. The van der Waals surface area contributed by atoms with Crippen molar-refractivity contribution in [2.24, 2.45) is 11.8 Å². The van der Waals surface area contributed by atoms with Crippen molar-refractivity contribution in [1.82, 2.24) is 0 Å². The number of ether oxygens (including phenoxy) is 2. The molecular weight excluding hydrogens is 802 g/mol. The zero-order valence-electron chi connectivity index (χ0n) is 37.5. The van der Waals surface area contributed by atoms with Gasteiger partial charge in [0.15, 0.2) is 8.32 Å². The molecule has 0 spiro atoms. The number of hydrogen-bond donors (Lipinski definition) is 1. The number of piperidine rings is 2. The minimum atomic E-state index is -2.33. The Morgan fingerprint density at radius 2 is 1.30 bits per heavy atom. The van der Waals surface area contributed by atoms with Gasteiger partial charge in [0.25, 0.3) is 5.91 Å². The van der Waals surface area contributed by atoms with Gasteiger partial charge in [0.1, 0.15) is 5.60 Å². The molecule has 11 heteroatoms. The van der Waals surface area contributed by atoms with Gasteiger partial charge in [-0.2, -0.15) is 0 Å². The molecule has 2 saturated heterocycles. The summed E-state index contributed by atoms with van der Waals surface area (Å²) >= 11 is 6.38. The molecule has 0 saturated carbocycles. The maximum absolute atomic E-state index is 14.1. The Kier molecular flexibility index (Phi) is 14.4. The van der Waals surface area contributed by atoms with E-state index in [4.69, 9.17) is 25.5 Å². The SMILES string of the molecule is CCOC(=O)C1CCN(c2ccc(NC(=O)c3ccc(-c4ccc(Cl)cc4)c(C(O[Si](C)(C)C(C)(C)C)C4CCN(c5ccc(C(=O)OC(C)(C)C)cc5)CC4)c3)cc2)CC1. The van der Waals surface area contributed by atoms with Gasteiger partial charge in [0.05, 0.1) is 24.2 Å². The highest BCUT2D eigenvalue weighted by Crippen LogP contribution is 2.46. The largest absolute Gasteiger partial charge is 0.466 e. The summed E-state index contributed by atoms with van der Waals surface area (Å²) in [5.74, 6) is -0.488. The van der Waals surface area contributed by atoms with E-state index in [1.54, 1.807) is 0 Å². The third-order valence-electron chi connectivity index (χ3n) is 12.4. The number of anilines is 3. The standard InChI is InChI=1S/C50H64ClN3O6Si/c1-10-58-47(56)37-27-31-54(32-28-37)42-22-18-40(19-23-42)52-46(55)38-15-24-43(34-11-16-39(51)17-12-34)44(33-38)45(60-61(8,9)50(5,6)7)35-25-29-53(30-26-35)41-20-13-36(14-21-41)48(57)59-49(2,3)4/h11-24,33,35,37,45H,10,25-32H2,1-9H3,(H,52,55). The second-order valence-corrected chi connectivity index (χ2v) is 24.2. The Hall–Kier alpha value is -4.64. The van der Waals surface area contributed by atoms with Gasteiger partial charge >= 0.3 is 11.9 Å². The lowest BCUT2D eigenvalue weighted by molar-refractivity contribution is -0.148. The van der Waals surface area contributed by atoms with Crippen LogP contribution in [-0.2, 0) is 18.7 Å². The molecule has 0 bridgehead atoms. The number of rotatable bonds is 12. The van der Waals surface area contributed by atoms with Gasteiger partial charge in [-0.1, -0.05) is 50.6 Å². The molecule has 9 nitrogen and oxygen atoms in total. The fourth-order valence-corrected chi connectivity index (χ4v) is 9.37. The molecule has 0 radical (unpaired) electrons. The molecule has 0 aromatic heterocycles. The molecular formula is C50H64ClN3O6Si. The fraction of sp³-hybridized carbons (Fsp3) is 0.460. The summed E-state index contributed by atoms with van der Waals surface area (Å²) in [6.45, 7) is 22.5. The lowest BCUT2D eigenvalue weighted by Gasteiger charge is -2.44. The van der Waals surface area contributed by atoms with E-state index in [-0.39, 0.29) is 40.8 Å². The summed E-state index contributed by atoms with van der Waals surface area (Å²) in [4.78, 5) is 43.7. The van der Waals surface area contributed by atoms with E-state index in [2.05, 4.69) is 55.0 Å². The zero-order chi connectivity index (χ0) is 44.1. The average Bonchev–Trinajstić information content (AvgIpc) is 3.22. The van der Waals surface area contributed by atoms with Crippen LogP contribution in [0.4, 0.5) is 17.1 Å². The summed E-state index contributed by atoms with van der Waals surface area (Å²) in [7, 11) is -2.33. The van der Waals surface area contributed by atoms with Crippen LogP contribution >= 0.6 is 11.6 Å². The minimum Gasteiger partial charge on any atom is -0.466 e. The molecule has 6 rings (SSSR count). The van der Waals surface area contributed by atoms with E-state index in [1.807, 2.05) is 113 Å². The third kappa shape index (κ3) is 11.6.